The summed E-state index contributed by atoms with van der Waals surface area (Å²) in [4.78, 5) is 4.32. The molecule has 2 rings (SSSR count). The molecule has 0 saturated carbocycles. The highest BCUT2D eigenvalue weighted by atomic mass is 14.8. The number of aromatic nitrogens is 1. The molecule has 0 amide bonds. The van der Waals surface area contributed by atoms with Crippen molar-refractivity contribution >= 4 is 0 Å². The summed E-state index contributed by atoms with van der Waals surface area (Å²) >= 11 is 0. The van der Waals surface area contributed by atoms with Gasteiger partial charge in [0.15, 0.2) is 0 Å². The lowest BCUT2D eigenvalue weighted by atomic mass is 9.96. The SMILES string of the molecule is CCNC.c1cnc2c(c1)CCCC2. The van der Waals surface area contributed by atoms with Crippen molar-refractivity contribution in [1.29, 1.82) is 0 Å². The largest absolute Gasteiger partial charge is 0.320 e. The van der Waals surface area contributed by atoms with Gasteiger partial charge in [0.2, 0.25) is 0 Å². The molecule has 0 aliphatic heterocycles. The molecule has 1 aliphatic rings. The van der Waals surface area contributed by atoms with Crippen LogP contribution >= 0.6 is 0 Å². The molecule has 0 unspecified atom stereocenters. The second-order valence-corrected chi connectivity index (χ2v) is 3.52. The Morgan fingerprint density at radius 3 is 2.71 bits per heavy atom. The molecular weight excluding hydrogens is 172 g/mol. The first-order valence-electron chi connectivity index (χ1n) is 5.45. The highest BCUT2D eigenvalue weighted by Gasteiger charge is 2.07. The Hall–Kier alpha value is -0.890. The molecule has 1 heterocycles. The van der Waals surface area contributed by atoms with Crippen LogP contribution < -0.4 is 5.32 Å². The van der Waals surface area contributed by atoms with Gasteiger partial charge in [-0.3, -0.25) is 4.98 Å². The summed E-state index contributed by atoms with van der Waals surface area (Å²) in [5.41, 5.74) is 2.79. The molecular formula is C12H20N2. The topological polar surface area (TPSA) is 24.9 Å². The molecule has 78 valence electrons. The molecule has 0 saturated heterocycles. The second kappa shape index (κ2) is 6.55. The third-order valence-corrected chi connectivity index (χ3v) is 2.45. The van der Waals surface area contributed by atoms with Crippen LogP contribution in [0.5, 0.6) is 0 Å². The molecule has 1 aliphatic carbocycles. The van der Waals surface area contributed by atoms with Gasteiger partial charge < -0.3 is 5.32 Å². The molecule has 0 fully saturated rings. The van der Waals surface area contributed by atoms with E-state index in [1.54, 1.807) is 0 Å². The third kappa shape index (κ3) is 3.46. The fraction of sp³-hybridized carbons (Fsp3) is 0.583. The van der Waals surface area contributed by atoms with E-state index in [-0.39, 0.29) is 0 Å². The Bertz CT molecular complexity index is 231. The predicted molar refractivity (Wildman–Crippen MR) is 60.5 cm³/mol. The second-order valence-electron chi connectivity index (χ2n) is 3.52. The Labute approximate surface area is 86.8 Å². The quantitative estimate of drug-likeness (QED) is 0.737. The lowest BCUT2D eigenvalue weighted by Crippen LogP contribution is -2.03. The lowest BCUT2D eigenvalue weighted by Gasteiger charge is -2.12. The Morgan fingerprint density at radius 1 is 1.36 bits per heavy atom. The molecule has 2 heteroatoms. The van der Waals surface area contributed by atoms with Gasteiger partial charge in [0, 0.05) is 11.9 Å². The summed E-state index contributed by atoms with van der Waals surface area (Å²) < 4.78 is 0. The minimum atomic E-state index is 1.07. The fourth-order valence-electron chi connectivity index (χ4n) is 1.53. The molecule has 0 aromatic carbocycles. The molecule has 14 heavy (non-hydrogen) atoms. The van der Waals surface area contributed by atoms with Crippen molar-refractivity contribution in [3.8, 4) is 0 Å². The van der Waals surface area contributed by atoms with Crippen LogP contribution in [0, 0.1) is 0 Å². The van der Waals surface area contributed by atoms with Gasteiger partial charge in [0.05, 0.1) is 0 Å². The van der Waals surface area contributed by atoms with Crippen molar-refractivity contribution in [1.82, 2.24) is 10.3 Å². The molecule has 1 N–H and O–H groups in total. The number of nitrogens with zero attached hydrogens (tertiary/aromatic N) is 1. The summed E-state index contributed by atoms with van der Waals surface area (Å²) in [6.45, 7) is 3.14. The number of pyridine rings is 1. The van der Waals surface area contributed by atoms with E-state index in [0.29, 0.717) is 0 Å². The van der Waals surface area contributed by atoms with Crippen LogP contribution in [-0.2, 0) is 12.8 Å². The minimum absolute atomic E-state index is 1.07. The Balaban J connectivity index is 0.000000213. The summed E-state index contributed by atoms with van der Waals surface area (Å²) in [7, 11) is 1.93. The van der Waals surface area contributed by atoms with Crippen molar-refractivity contribution < 1.29 is 0 Å². The predicted octanol–water partition coefficient (Wildman–Crippen LogP) is 2.19. The average molecular weight is 192 g/mol. The van der Waals surface area contributed by atoms with E-state index >= 15 is 0 Å². The van der Waals surface area contributed by atoms with Crippen LogP contribution in [0.1, 0.15) is 31.0 Å². The normalized spacial score (nSPS) is 13.9. The Kier molecular flexibility index (Phi) is 5.23. The molecule has 0 spiro atoms. The van der Waals surface area contributed by atoms with Gasteiger partial charge in [0.25, 0.3) is 0 Å². The fourth-order valence-corrected chi connectivity index (χ4v) is 1.53. The maximum Gasteiger partial charge on any atom is 0.0435 e. The van der Waals surface area contributed by atoms with Gasteiger partial charge >= 0.3 is 0 Å². The standard InChI is InChI=1S/C9H11N.C3H9N/c1-2-6-9-8(4-1)5-3-7-10-9;1-3-4-2/h3,5,7H,1-2,4,6H2;4H,3H2,1-2H3. The third-order valence-electron chi connectivity index (χ3n) is 2.45. The van der Waals surface area contributed by atoms with Gasteiger partial charge in [-0.15, -0.1) is 0 Å². The Morgan fingerprint density at radius 2 is 2.07 bits per heavy atom. The maximum absolute atomic E-state index is 4.32. The summed E-state index contributed by atoms with van der Waals surface area (Å²) in [6.07, 6.45) is 6.99. The molecule has 1 aromatic rings. The van der Waals surface area contributed by atoms with E-state index in [4.69, 9.17) is 0 Å². The average Bonchev–Trinajstić information content (AvgIpc) is 2.30. The van der Waals surface area contributed by atoms with Gasteiger partial charge in [-0.25, -0.2) is 0 Å². The van der Waals surface area contributed by atoms with E-state index < -0.39 is 0 Å². The lowest BCUT2D eigenvalue weighted by molar-refractivity contribution is 0.668. The number of nitrogens with one attached hydrogen (secondary N) is 1. The van der Waals surface area contributed by atoms with Crippen molar-refractivity contribution in [2.24, 2.45) is 0 Å². The first-order chi connectivity index (χ1) is 6.88. The number of hydrogen-bond donors (Lipinski definition) is 1. The zero-order valence-electron chi connectivity index (χ0n) is 9.21. The monoisotopic (exact) mass is 192 g/mol. The van der Waals surface area contributed by atoms with Gasteiger partial charge in [-0.1, -0.05) is 13.0 Å². The summed E-state index contributed by atoms with van der Waals surface area (Å²) in [5.74, 6) is 0. The molecule has 2 nitrogen and oxygen atoms in total. The van der Waals surface area contributed by atoms with Crippen LogP contribution in [0.15, 0.2) is 18.3 Å². The van der Waals surface area contributed by atoms with Crippen LogP contribution in [0.3, 0.4) is 0 Å². The molecule has 1 aromatic heterocycles. The maximum atomic E-state index is 4.32. The number of aryl methyl sites for hydroxylation is 2. The molecule has 0 bridgehead atoms. The van der Waals surface area contributed by atoms with Crippen molar-refractivity contribution in [2.45, 2.75) is 32.6 Å². The van der Waals surface area contributed by atoms with Crippen LogP contribution in [-0.4, -0.2) is 18.6 Å². The van der Waals surface area contributed by atoms with Crippen LogP contribution in [0.25, 0.3) is 0 Å². The van der Waals surface area contributed by atoms with Gasteiger partial charge in [-0.05, 0) is 50.9 Å². The van der Waals surface area contributed by atoms with E-state index in [2.05, 4.69) is 23.3 Å². The van der Waals surface area contributed by atoms with Crippen LogP contribution in [0.4, 0.5) is 0 Å². The van der Waals surface area contributed by atoms with E-state index in [0.717, 1.165) is 6.54 Å². The first kappa shape index (κ1) is 11.2. The van der Waals surface area contributed by atoms with Gasteiger partial charge in [-0.2, -0.15) is 0 Å². The van der Waals surface area contributed by atoms with E-state index in [9.17, 15) is 0 Å². The van der Waals surface area contributed by atoms with Crippen molar-refractivity contribution in [2.75, 3.05) is 13.6 Å². The smallest absolute Gasteiger partial charge is 0.0435 e. The highest BCUT2D eigenvalue weighted by Crippen LogP contribution is 2.17. The zero-order chi connectivity index (χ0) is 10.2. The van der Waals surface area contributed by atoms with Crippen molar-refractivity contribution in [3.63, 3.8) is 0 Å². The van der Waals surface area contributed by atoms with Gasteiger partial charge in [0.1, 0.15) is 0 Å². The van der Waals surface area contributed by atoms with E-state index in [1.807, 2.05) is 19.3 Å². The summed E-state index contributed by atoms with van der Waals surface area (Å²) in [5, 5.41) is 2.93. The summed E-state index contributed by atoms with van der Waals surface area (Å²) in [6, 6.07) is 4.23. The van der Waals surface area contributed by atoms with E-state index in [1.165, 1.54) is 36.9 Å². The number of rotatable bonds is 1. The molecule has 0 atom stereocenters. The molecule has 0 radical (unpaired) electrons. The minimum Gasteiger partial charge on any atom is -0.320 e. The van der Waals surface area contributed by atoms with Crippen LogP contribution in [0.2, 0.25) is 0 Å². The number of hydrogen-bond acceptors (Lipinski definition) is 2. The highest BCUT2D eigenvalue weighted by molar-refractivity contribution is 5.21. The zero-order valence-corrected chi connectivity index (χ0v) is 9.21. The number of fused-ring (bicyclic) bond motifs is 1. The van der Waals surface area contributed by atoms with Crippen molar-refractivity contribution in [3.05, 3.63) is 29.6 Å². The first-order valence-corrected chi connectivity index (χ1v) is 5.45.